The molecule has 0 heterocycles. The number of thiol groups is 1. The lowest BCUT2D eigenvalue weighted by Gasteiger charge is -2.28. The molecule has 7 nitrogen and oxygen atoms in total. The molecule has 0 aliphatic rings. The maximum Gasteiger partial charge on any atom is 0.221 e. The Bertz CT molecular complexity index is 514. The van der Waals surface area contributed by atoms with Gasteiger partial charge in [0.15, 0.2) is 0 Å². The number of hydrogen-bond acceptors (Lipinski definition) is 7. The molecule has 1 unspecified atom stereocenters. The minimum Gasteiger partial charge on any atom is -0.380 e. The van der Waals surface area contributed by atoms with E-state index in [1.54, 1.807) is 0 Å². The van der Waals surface area contributed by atoms with Crippen LogP contribution in [0.1, 0.15) is 60.8 Å². The quantitative estimate of drug-likeness (QED) is 0.114. The third kappa shape index (κ3) is 16.2. The Morgan fingerprint density at radius 3 is 2.13 bits per heavy atom. The molecule has 0 saturated heterocycles. The second kappa shape index (κ2) is 14.6. The predicted molar refractivity (Wildman–Crippen MR) is 129 cm³/mol. The number of ether oxygens (including phenoxy) is 1. The molecular weight excluding hydrogens is 422 g/mol. The number of carbonyl (C=O) groups excluding carboxylic acids is 2. The van der Waals surface area contributed by atoms with Crippen molar-refractivity contribution in [1.82, 2.24) is 16.0 Å². The highest BCUT2D eigenvalue weighted by atomic mass is 32.2. The molecule has 0 bridgehead atoms. The first-order chi connectivity index (χ1) is 13.8. The molecule has 0 aromatic carbocycles. The van der Waals surface area contributed by atoms with E-state index in [0.29, 0.717) is 38.7 Å². The molecule has 2 amide bonds. The molecular formula is C21H43N3O4S2. The van der Waals surface area contributed by atoms with Crippen LogP contribution in [0.5, 0.6) is 0 Å². The first kappa shape index (κ1) is 29.5. The average molecular weight is 466 g/mol. The molecule has 0 rings (SSSR count). The van der Waals surface area contributed by atoms with E-state index in [-0.39, 0.29) is 29.1 Å². The summed E-state index contributed by atoms with van der Waals surface area (Å²) in [4.78, 5) is 24.0. The largest absolute Gasteiger partial charge is 0.380 e. The second-order valence-corrected chi connectivity index (χ2v) is 11.5. The van der Waals surface area contributed by atoms with Gasteiger partial charge in [0.05, 0.1) is 25.7 Å². The van der Waals surface area contributed by atoms with Gasteiger partial charge in [-0.25, -0.2) is 0 Å². The fraction of sp³-hybridized carbons (Fsp3) is 0.905. The summed E-state index contributed by atoms with van der Waals surface area (Å²) in [7, 11) is 1.93. The van der Waals surface area contributed by atoms with E-state index in [2.05, 4.69) is 42.4 Å². The lowest BCUT2D eigenvalue weighted by atomic mass is 9.89. The van der Waals surface area contributed by atoms with Gasteiger partial charge in [-0.2, -0.15) is 12.6 Å². The maximum absolute atomic E-state index is 12.2. The van der Waals surface area contributed by atoms with Crippen molar-refractivity contribution in [2.75, 3.05) is 45.8 Å². The molecule has 0 aliphatic heterocycles. The van der Waals surface area contributed by atoms with E-state index in [1.807, 2.05) is 34.7 Å². The van der Waals surface area contributed by atoms with Gasteiger partial charge in [-0.15, -0.1) is 0 Å². The van der Waals surface area contributed by atoms with Crippen LogP contribution >= 0.6 is 24.7 Å². The zero-order valence-corrected chi connectivity index (χ0v) is 21.6. The molecule has 0 aliphatic carbocycles. The van der Waals surface area contributed by atoms with Gasteiger partial charge in [0.25, 0.3) is 0 Å². The number of nitrogens with one attached hydrogen (secondary N) is 3. The van der Waals surface area contributed by atoms with Gasteiger partial charge in [0, 0.05) is 48.1 Å². The molecule has 3 N–H and O–H groups in total. The van der Waals surface area contributed by atoms with Gasteiger partial charge in [0.2, 0.25) is 11.8 Å². The van der Waals surface area contributed by atoms with Crippen LogP contribution in [0.2, 0.25) is 0 Å². The van der Waals surface area contributed by atoms with Gasteiger partial charge >= 0.3 is 0 Å². The molecule has 0 fully saturated rings. The van der Waals surface area contributed by atoms with Gasteiger partial charge < -0.3 is 24.9 Å². The summed E-state index contributed by atoms with van der Waals surface area (Å²) >= 11 is 5.66. The monoisotopic (exact) mass is 465 g/mol. The van der Waals surface area contributed by atoms with E-state index >= 15 is 0 Å². The van der Waals surface area contributed by atoms with E-state index < -0.39 is 4.75 Å². The highest BCUT2D eigenvalue weighted by Crippen LogP contribution is 2.23. The van der Waals surface area contributed by atoms with E-state index in [1.165, 1.54) is 0 Å². The molecule has 0 saturated carbocycles. The number of hydrogen-bond donors (Lipinski definition) is 4. The van der Waals surface area contributed by atoms with Crippen LogP contribution in [0.4, 0.5) is 0 Å². The molecule has 0 aromatic heterocycles. The van der Waals surface area contributed by atoms with Crippen molar-refractivity contribution in [2.24, 2.45) is 10.8 Å². The van der Waals surface area contributed by atoms with Crippen molar-refractivity contribution in [3.05, 3.63) is 0 Å². The van der Waals surface area contributed by atoms with Crippen molar-refractivity contribution >= 4 is 36.5 Å². The highest BCUT2D eigenvalue weighted by Gasteiger charge is 2.25. The minimum absolute atomic E-state index is 0.0324. The fourth-order valence-corrected chi connectivity index (χ4v) is 3.67. The number of carbonyl (C=O) groups is 2. The van der Waals surface area contributed by atoms with E-state index in [4.69, 9.17) is 8.92 Å². The van der Waals surface area contributed by atoms with E-state index in [9.17, 15) is 9.59 Å². The van der Waals surface area contributed by atoms with Gasteiger partial charge in [-0.05, 0) is 25.8 Å². The Labute approximate surface area is 193 Å². The van der Waals surface area contributed by atoms with Gasteiger partial charge in [-0.3, -0.25) is 9.59 Å². The predicted octanol–water partition coefficient (Wildman–Crippen LogP) is 3.01. The van der Waals surface area contributed by atoms with Crippen molar-refractivity contribution in [2.45, 2.75) is 65.6 Å². The Kier molecular flexibility index (Phi) is 14.3. The number of amides is 2. The lowest BCUT2D eigenvalue weighted by Crippen LogP contribution is -2.35. The van der Waals surface area contributed by atoms with Gasteiger partial charge in [-0.1, -0.05) is 34.6 Å². The average Bonchev–Trinajstić information content (AvgIpc) is 2.58. The van der Waals surface area contributed by atoms with Crippen LogP contribution in [0.25, 0.3) is 0 Å². The first-order valence-corrected chi connectivity index (χ1v) is 11.9. The molecule has 1 atom stereocenters. The SMILES string of the molecule is CCCNC(=O)CC(C)(S)COSCNC(=O)CC(C)(C)COCC(C)(C)CNC. The van der Waals surface area contributed by atoms with Crippen LogP contribution in [0.3, 0.4) is 0 Å². The Hall–Kier alpha value is -0.480. The Morgan fingerprint density at radius 2 is 1.53 bits per heavy atom. The first-order valence-electron chi connectivity index (χ1n) is 10.5. The smallest absolute Gasteiger partial charge is 0.221 e. The van der Waals surface area contributed by atoms with Crippen molar-refractivity contribution in [1.29, 1.82) is 0 Å². The third-order valence-corrected chi connectivity index (χ3v) is 5.01. The zero-order valence-electron chi connectivity index (χ0n) is 19.9. The van der Waals surface area contributed by atoms with Crippen LogP contribution in [0, 0.1) is 10.8 Å². The highest BCUT2D eigenvalue weighted by molar-refractivity contribution is 7.94. The Morgan fingerprint density at radius 1 is 0.933 bits per heavy atom. The summed E-state index contributed by atoms with van der Waals surface area (Å²) in [6, 6.07) is 0. The van der Waals surface area contributed by atoms with Crippen molar-refractivity contribution in [3.8, 4) is 0 Å². The molecule has 0 aromatic rings. The minimum atomic E-state index is -0.560. The van der Waals surface area contributed by atoms with Crippen molar-refractivity contribution in [3.63, 3.8) is 0 Å². The van der Waals surface area contributed by atoms with Crippen molar-refractivity contribution < 1.29 is 18.5 Å². The van der Waals surface area contributed by atoms with Crippen LogP contribution in [-0.4, -0.2) is 62.4 Å². The van der Waals surface area contributed by atoms with Crippen LogP contribution in [0.15, 0.2) is 0 Å². The molecule has 178 valence electrons. The van der Waals surface area contributed by atoms with E-state index in [0.717, 1.165) is 25.0 Å². The summed E-state index contributed by atoms with van der Waals surface area (Å²) in [6.45, 7) is 15.2. The summed E-state index contributed by atoms with van der Waals surface area (Å²) < 4.78 is 10.8. The van der Waals surface area contributed by atoms with Crippen LogP contribution in [-0.2, 0) is 18.5 Å². The Balaban J connectivity index is 4.03. The number of rotatable bonds is 17. The lowest BCUT2D eigenvalue weighted by molar-refractivity contribution is -0.124. The molecule has 0 radical (unpaired) electrons. The topological polar surface area (TPSA) is 88.7 Å². The molecule has 30 heavy (non-hydrogen) atoms. The third-order valence-electron chi connectivity index (χ3n) is 4.18. The zero-order chi connectivity index (χ0) is 23.3. The summed E-state index contributed by atoms with van der Waals surface area (Å²) in [5.74, 6) is 0.272. The maximum atomic E-state index is 12.2. The van der Waals surface area contributed by atoms with Crippen LogP contribution < -0.4 is 16.0 Å². The fourth-order valence-electron chi connectivity index (χ4n) is 2.73. The summed E-state index contributed by atoms with van der Waals surface area (Å²) in [5.41, 5.74) is -0.194. The summed E-state index contributed by atoms with van der Waals surface area (Å²) in [6.07, 6.45) is 1.56. The molecule has 0 spiro atoms. The normalized spacial score (nSPS) is 14.3. The van der Waals surface area contributed by atoms with Gasteiger partial charge in [0.1, 0.15) is 0 Å². The summed E-state index contributed by atoms with van der Waals surface area (Å²) in [5, 5.41) is 8.85. The standard InChI is InChI=1S/C21H43N3O4S2/c1-8-9-23-18(26)11-21(6,29)15-28-30-16-24-17(25)10-19(2,3)13-27-14-20(4,5)12-22-7/h22,29H,8-16H2,1-7H3,(H,23,26)(H,24,25). The second-order valence-electron chi connectivity index (χ2n) is 9.68. The molecule has 9 heteroatoms.